The molecule has 6 nitrogen and oxygen atoms in total. The van der Waals surface area contributed by atoms with E-state index in [1.807, 2.05) is 36.4 Å². The number of nitrogens with zero attached hydrogens (tertiary/aromatic N) is 2. The highest BCUT2D eigenvalue weighted by Crippen LogP contribution is 2.20. The molecule has 0 atom stereocenters. The van der Waals surface area contributed by atoms with E-state index in [0.29, 0.717) is 30.3 Å². The van der Waals surface area contributed by atoms with Crippen molar-refractivity contribution in [1.82, 2.24) is 10.2 Å². The Hall–Kier alpha value is -2.57. The van der Waals surface area contributed by atoms with Gasteiger partial charge in [-0.2, -0.15) is 0 Å². The summed E-state index contributed by atoms with van der Waals surface area (Å²) in [5.74, 6) is -0.345. The number of anilines is 1. The number of benzene rings is 2. The van der Waals surface area contributed by atoms with Crippen LogP contribution < -0.4 is 10.2 Å². The summed E-state index contributed by atoms with van der Waals surface area (Å²) >= 11 is 6.06. The van der Waals surface area contributed by atoms with E-state index in [4.69, 9.17) is 16.3 Å². The minimum Gasteiger partial charge on any atom is -0.380 e. The average Bonchev–Trinajstić information content (AvgIpc) is 2.72. The molecule has 0 spiro atoms. The Kier molecular flexibility index (Phi) is 6.90. The van der Waals surface area contributed by atoms with Gasteiger partial charge in [0, 0.05) is 49.6 Å². The van der Waals surface area contributed by atoms with E-state index in [9.17, 15) is 9.59 Å². The van der Waals surface area contributed by atoms with E-state index in [0.717, 1.165) is 24.3 Å². The van der Waals surface area contributed by atoms with Gasteiger partial charge in [0.25, 0.3) is 5.91 Å². The molecule has 3 rings (SSSR count). The summed E-state index contributed by atoms with van der Waals surface area (Å²) in [6.45, 7) is 3.02. The predicted molar refractivity (Wildman–Crippen MR) is 110 cm³/mol. The maximum atomic E-state index is 12.5. The van der Waals surface area contributed by atoms with Crippen molar-refractivity contribution in [1.29, 1.82) is 0 Å². The van der Waals surface area contributed by atoms with Gasteiger partial charge in [0.15, 0.2) is 0 Å². The highest BCUT2D eigenvalue weighted by Gasteiger charge is 2.22. The number of hydrogen-bond donors (Lipinski definition) is 1. The molecule has 0 radical (unpaired) electrons. The van der Waals surface area contributed by atoms with Crippen LogP contribution in [-0.2, 0) is 16.1 Å². The molecule has 0 saturated carbocycles. The van der Waals surface area contributed by atoms with Gasteiger partial charge in [-0.25, -0.2) is 0 Å². The number of carbonyl (C=O) groups excluding carboxylic acids is 2. The summed E-state index contributed by atoms with van der Waals surface area (Å²) in [6.07, 6.45) is 0. The first-order valence-corrected chi connectivity index (χ1v) is 9.59. The van der Waals surface area contributed by atoms with Gasteiger partial charge in [0.1, 0.15) is 0 Å². The van der Waals surface area contributed by atoms with Gasteiger partial charge in [-0.1, -0.05) is 35.9 Å². The Bertz CT molecular complexity index is 835. The zero-order valence-electron chi connectivity index (χ0n) is 15.9. The van der Waals surface area contributed by atoms with Gasteiger partial charge in [-0.15, -0.1) is 0 Å². The molecule has 2 amide bonds. The quantitative estimate of drug-likeness (QED) is 0.808. The molecule has 1 fully saturated rings. The highest BCUT2D eigenvalue weighted by molar-refractivity contribution is 6.30. The largest absolute Gasteiger partial charge is 0.380 e. The fraction of sp³-hybridized carbons (Fsp3) is 0.333. The lowest BCUT2D eigenvalue weighted by Crippen LogP contribution is -2.51. The number of halogens is 1. The molecule has 1 saturated heterocycles. The monoisotopic (exact) mass is 401 g/mol. The number of carbonyl (C=O) groups is 2. The molecule has 2 aromatic rings. The van der Waals surface area contributed by atoms with Crippen LogP contribution >= 0.6 is 11.6 Å². The molecule has 2 aromatic carbocycles. The molecule has 1 aliphatic rings. The fourth-order valence-corrected chi connectivity index (χ4v) is 3.46. The summed E-state index contributed by atoms with van der Waals surface area (Å²) in [4.78, 5) is 28.9. The average molecular weight is 402 g/mol. The predicted octanol–water partition coefficient (Wildman–Crippen LogP) is 2.57. The maximum absolute atomic E-state index is 12.5. The number of nitrogens with one attached hydrogen (secondary N) is 1. The molecule has 148 valence electrons. The van der Waals surface area contributed by atoms with E-state index in [1.165, 1.54) is 0 Å². The van der Waals surface area contributed by atoms with E-state index in [-0.39, 0.29) is 18.4 Å². The minimum atomic E-state index is -0.265. The van der Waals surface area contributed by atoms with Crippen LogP contribution in [0, 0.1) is 0 Å². The molecule has 1 heterocycles. The molecular formula is C21H24ClN3O3. The number of amides is 2. The standard InChI is InChI=1S/C21H24ClN3O3/c1-28-15-16-5-2-3-8-19(16)21(27)23-14-20(26)25-11-9-24(10-12-25)18-7-4-6-17(22)13-18/h2-8,13H,9-12,14-15H2,1H3,(H,23,27). The summed E-state index contributed by atoms with van der Waals surface area (Å²) in [7, 11) is 1.58. The maximum Gasteiger partial charge on any atom is 0.252 e. The summed E-state index contributed by atoms with van der Waals surface area (Å²) < 4.78 is 5.13. The number of piperazine rings is 1. The first-order chi connectivity index (χ1) is 13.6. The van der Waals surface area contributed by atoms with E-state index in [1.54, 1.807) is 24.1 Å². The molecule has 1 N–H and O–H groups in total. The second kappa shape index (κ2) is 9.57. The van der Waals surface area contributed by atoms with Crippen molar-refractivity contribution < 1.29 is 14.3 Å². The molecule has 28 heavy (non-hydrogen) atoms. The number of hydrogen-bond acceptors (Lipinski definition) is 4. The van der Waals surface area contributed by atoms with Gasteiger partial charge in [-0.05, 0) is 29.8 Å². The van der Waals surface area contributed by atoms with Gasteiger partial charge in [-0.3, -0.25) is 9.59 Å². The smallest absolute Gasteiger partial charge is 0.252 e. The van der Waals surface area contributed by atoms with Crippen molar-refractivity contribution in [2.24, 2.45) is 0 Å². The first kappa shape index (κ1) is 20.2. The lowest BCUT2D eigenvalue weighted by atomic mass is 10.1. The van der Waals surface area contributed by atoms with Crippen LogP contribution in [0.25, 0.3) is 0 Å². The highest BCUT2D eigenvalue weighted by atomic mass is 35.5. The summed E-state index contributed by atoms with van der Waals surface area (Å²) in [5, 5.41) is 3.43. The summed E-state index contributed by atoms with van der Waals surface area (Å²) in [5.41, 5.74) is 2.38. The van der Waals surface area contributed by atoms with Gasteiger partial charge in [0.2, 0.25) is 5.91 Å². The van der Waals surface area contributed by atoms with Crippen molar-refractivity contribution in [3.63, 3.8) is 0 Å². The Morgan fingerprint density at radius 3 is 2.54 bits per heavy atom. The molecular weight excluding hydrogens is 378 g/mol. The summed E-state index contributed by atoms with van der Waals surface area (Å²) in [6, 6.07) is 14.9. The van der Waals surface area contributed by atoms with Crippen molar-refractivity contribution in [2.45, 2.75) is 6.61 Å². The molecule has 0 aromatic heterocycles. The second-order valence-corrected chi connectivity index (χ2v) is 7.06. The van der Waals surface area contributed by atoms with Crippen LogP contribution in [-0.4, -0.2) is 56.5 Å². The Morgan fingerprint density at radius 1 is 1.07 bits per heavy atom. The SMILES string of the molecule is COCc1ccccc1C(=O)NCC(=O)N1CCN(c2cccc(Cl)c2)CC1. The number of rotatable bonds is 6. The van der Waals surface area contributed by atoms with Gasteiger partial charge in [0.05, 0.1) is 13.2 Å². The van der Waals surface area contributed by atoms with Crippen molar-refractivity contribution in [2.75, 3.05) is 44.7 Å². The van der Waals surface area contributed by atoms with Crippen LogP contribution in [0.1, 0.15) is 15.9 Å². The Morgan fingerprint density at radius 2 is 1.82 bits per heavy atom. The van der Waals surface area contributed by atoms with Crippen LogP contribution in [0.4, 0.5) is 5.69 Å². The van der Waals surface area contributed by atoms with Crippen molar-refractivity contribution in [3.8, 4) is 0 Å². The van der Waals surface area contributed by atoms with E-state index < -0.39 is 0 Å². The van der Waals surface area contributed by atoms with E-state index >= 15 is 0 Å². The molecule has 0 bridgehead atoms. The Labute approximate surface area is 170 Å². The van der Waals surface area contributed by atoms with Crippen molar-refractivity contribution >= 4 is 29.1 Å². The lowest BCUT2D eigenvalue weighted by molar-refractivity contribution is -0.130. The topological polar surface area (TPSA) is 61.9 Å². The van der Waals surface area contributed by atoms with Crippen LogP contribution in [0.3, 0.4) is 0 Å². The minimum absolute atomic E-state index is 0.0166. The van der Waals surface area contributed by atoms with Crippen LogP contribution in [0.5, 0.6) is 0 Å². The Balaban J connectivity index is 1.50. The third-order valence-corrected chi connectivity index (χ3v) is 5.00. The fourth-order valence-electron chi connectivity index (χ4n) is 3.27. The second-order valence-electron chi connectivity index (χ2n) is 6.62. The van der Waals surface area contributed by atoms with Crippen LogP contribution in [0.15, 0.2) is 48.5 Å². The number of ether oxygens (including phenoxy) is 1. The molecule has 7 heteroatoms. The molecule has 0 aliphatic carbocycles. The molecule has 1 aliphatic heterocycles. The first-order valence-electron chi connectivity index (χ1n) is 9.22. The third kappa shape index (κ3) is 5.03. The third-order valence-electron chi connectivity index (χ3n) is 4.77. The van der Waals surface area contributed by atoms with E-state index in [2.05, 4.69) is 10.2 Å². The van der Waals surface area contributed by atoms with Crippen molar-refractivity contribution in [3.05, 3.63) is 64.7 Å². The zero-order valence-corrected chi connectivity index (χ0v) is 16.6. The zero-order chi connectivity index (χ0) is 19.9. The number of methoxy groups -OCH3 is 1. The lowest BCUT2D eigenvalue weighted by Gasteiger charge is -2.36. The van der Waals surface area contributed by atoms with Gasteiger partial charge < -0.3 is 19.9 Å². The molecule has 0 unspecified atom stereocenters. The normalized spacial score (nSPS) is 14.1. The van der Waals surface area contributed by atoms with Gasteiger partial charge >= 0.3 is 0 Å². The van der Waals surface area contributed by atoms with Crippen LogP contribution in [0.2, 0.25) is 5.02 Å².